The number of nitrogens with two attached hydrogens (primary N) is 1. The van der Waals surface area contributed by atoms with Crippen LogP contribution in [-0.4, -0.2) is 11.5 Å². The molecule has 18 heavy (non-hydrogen) atoms. The highest BCUT2D eigenvalue weighted by Gasteiger charge is 2.02. The SMILES string of the molecule is Cc1cnc(CNCc2ccccc2CCN)s1. The molecule has 0 saturated heterocycles. The Balaban J connectivity index is 1.89. The van der Waals surface area contributed by atoms with E-state index in [1.807, 2.05) is 6.20 Å². The van der Waals surface area contributed by atoms with Crippen molar-refractivity contribution in [1.82, 2.24) is 10.3 Å². The molecule has 0 aliphatic carbocycles. The molecule has 1 aromatic carbocycles. The number of aromatic nitrogens is 1. The van der Waals surface area contributed by atoms with Crippen LogP contribution in [0, 0.1) is 6.92 Å². The molecule has 3 nitrogen and oxygen atoms in total. The van der Waals surface area contributed by atoms with E-state index in [-0.39, 0.29) is 0 Å². The molecule has 0 fully saturated rings. The topological polar surface area (TPSA) is 50.9 Å². The zero-order valence-electron chi connectivity index (χ0n) is 10.6. The molecule has 1 aromatic heterocycles. The summed E-state index contributed by atoms with van der Waals surface area (Å²) in [5.74, 6) is 0. The summed E-state index contributed by atoms with van der Waals surface area (Å²) in [4.78, 5) is 5.60. The molecule has 0 aliphatic rings. The molecule has 1 heterocycles. The van der Waals surface area contributed by atoms with E-state index in [2.05, 4.69) is 41.5 Å². The van der Waals surface area contributed by atoms with E-state index >= 15 is 0 Å². The summed E-state index contributed by atoms with van der Waals surface area (Å²) in [6, 6.07) is 8.45. The van der Waals surface area contributed by atoms with Gasteiger partial charge in [0.25, 0.3) is 0 Å². The second-order valence-electron chi connectivity index (χ2n) is 4.28. The van der Waals surface area contributed by atoms with Crippen molar-refractivity contribution in [1.29, 1.82) is 0 Å². The molecule has 0 saturated carbocycles. The van der Waals surface area contributed by atoms with Gasteiger partial charge in [0.05, 0.1) is 0 Å². The Hall–Kier alpha value is -1.23. The molecular formula is C14H19N3S. The van der Waals surface area contributed by atoms with Gasteiger partial charge in [-0.05, 0) is 31.0 Å². The number of nitrogens with zero attached hydrogens (tertiary/aromatic N) is 1. The summed E-state index contributed by atoms with van der Waals surface area (Å²) in [6.45, 7) is 4.48. The standard InChI is InChI=1S/C14H19N3S/c1-11-8-17-14(18-11)10-16-9-13-5-3-2-4-12(13)6-7-15/h2-5,8,16H,6-7,9-10,15H2,1H3. The van der Waals surface area contributed by atoms with Crippen molar-refractivity contribution in [3.05, 3.63) is 51.5 Å². The number of thiazole rings is 1. The third-order valence-electron chi connectivity index (χ3n) is 2.79. The first-order chi connectivity index (χ1) is 8.79. The van der Waals surface area contributed by atoms with Crippen LogP contribution >= 0.6 is 11.3 Å². The molecule has 0 aliphatic heterocycles. The van der Waals surface area contributed by atoms with Crippen LogP contribution in [-0.2, 0) is 19.5 Å². The van der Waals surface area contributed by atoms with Crippen molar-refractivity contribution < 1.29 is 0 Å². The summed E-state index contributed by atoms with van der Waals surface area (Å²) < 4.78 is 0. The number of hydrogen-bond acceptors (Lipinski definition) is 4. The molecule has 0 radical (unpaired) electrons. The monoisotopic (exact) mass is 261 g/mol. The smallest absolute Gasteiger partial charge is 0.107 e. The van der Waals surface area contributed by atoms with E-state index in [0.717, 1.165) is 24.5 Å². The summed E-state index contributed by atoms with van der Waals surface area (Å²) in [6.07, 6.45) is 2.86. The average Bonchev–Trinajstić information content (AvgIpc) is 2.78. The zero-order valence-corrected chi connectivity index (χ0v) is 11.5. The lowest BCUT2D eigenvalue weighted by atomic mass is 10.0. The fourth-order valence-corrected chi connectivity index (χ4v) is 2.67. The van der Waals surface area contributed by atoms with Crippen LogP contribution in [0.25, 0.3) is 0 Å². The Morgan fingerprint density at radius 3 is 2.67 bits per heavy atom. The average molecular weight is 261 g/mol. The largest absolute Gasteiger partial charge is 0.330 e. The summed E-state index contributed by atoms with van der Waals surface area (Å²) in [5.41, 5.74) is 8.29. The predicted octanol–water partition coefficient (Wildman–Crippen LogP) is 2.24. The van der Waals surface area contributed by atoms with E-state index in [1.165, 1.54) is 16.0 Å². The quantitative estimate of drug-likeness (QED) is 0.838. The number of benzene rings is 1. The molecule has 96 valence electrons. The van der Waals surface area contributed by atoms with Crippen LogP contribution in [0.15, 0.2) is 30.5 Å². The molecule has 4 heteroatoms. The first-order valence-electron chi connectivity index (χ1n) is 6.18. The van der Waals surface area contributed by atoms with Gasteiger partial charge in [-0.3, -0.25) is 0 Å². The first kappa shape index (κ1) is 13.2. The van der Waals surface area contributed by atoms with Gasteiger partial charge < -0.3 is 11.1 Å². The highest BCUT2D eigenvalue weighted by Crippen LogP contribution is 2.12. The van der Waals surface area contributed by atoms with Gasteiger partial charge in [-0.15, -0.1) is 11.3 Å². The fraction of sp³-hybridized carbons (Fsp3) is 0.357. The van der Waals surface area contributed by atoms with Crippen molar-refractivity contribution in [2.24, 2.45) is 5.73 Å². The number of hydrogen-bond donors (Lipinski definition) is 2. The highest BCUT2D eigenvalue weighted by molar-refractivity contribution is 7.11. The lowest BCUT2D eigenvalue weighted by Gasteiger charge is -2.09. The van der Waals surface area contributed by atoms with Gasteiger partial charge in [-0.25, -0.2) is 4.98 Å². The van der Waals surface area contributed by atoms with Gasteiger partial charge in [0.15, 0.2) is 0 Å². The molecule has 0 atom stereocenters. The van der Waals surface area contributed by atoms with E-state index in [9.17, 15) is 0 Å². The first-order valence-corrected chi connectivity index (χ1v) is 7.00. The highest BCUT2D eigenvalue weighted by atomic mass is 32.1. The van der Waals surface area contributed by atoms with Crippen molar-refractivity contribution in [2.45, 2.75) is 26.4 Å². The Labute approximate surface area is 112 Å². The Morgan fingerprint density at radius 2 is 2.00 bits per heavy atom. The van der Waals surface area contributed by atoms with Gasteiger partial charge >= 0.3 is 0 Å². The summed E-state index contributed by atoms with van der Waals surface area (Å²) in [7, 11) is 0. The predicted molar refractivity (Wildman–Crippen MR) is 76.6 cm³/mol. The zero-order chi connectivity index (χ0) is 12.8. The molecule has 0 spiro atoms. The second kappa shape index (κ2) is 6.64. The van der Waals surface area contributed by atoms with Gasteiger partial charge in [-0.2, -0.15) is 0 Å². The molecule has 0 unspecified atom stereocenters. The molecule has 2 aromatic rings. The van der Waals surface area contributed by atoms with Gasteiger partial charge in [0.1, 0.15) is 5.01 Å². The maximum Gasteiger partial charge on any atom is 0.107 e. The second-order valence-corrected chi connectivity index (χ2v) is 5.59. The number of aryl methyl sites for hydroxylation is 1. The van der Waals surface area contributed by atoms with Crippen LogP contribution in [0.1, 0.15) is 21.0 Å². The summed E-state index contributed by atoms with van der Waals surface area (Å²) >= 11 is 1.74. The number of rotatable bonds is 6. The van der Waals surface area contributed by atoms with E-state index in [0.29, 0.717) is 6.54 Å². The molecule has 0 amide bonds. The van der Waals surface area contributed by atoms with Crippen LogP contribution < -0.4 is 11.1 Å². The van der Waals surface area contributed by atoms with Crippen LogP contribution in [0.5, 0.6) is 0 Å². The van der Waals surface area contributed by atoms with Gasteiger partial charge in [0.2, 0.25) is 0 Å². The van der Waals surface area contributed by atoms with E-state index < -0.39 is 0 Å². The number of nitrogens with one attached hydrogen (secondary N) is 1. The molecular weight excluding hydrogens is 242 g/mol. The van der Waals surface area contributed by atoms with Crippen LogP contribution in [0.3, 0.4) is 0 Å². The molecule has 0 bridgehead atoms. The van der Waals surface area contributed by atoms with Crippen molar-refractivity contribution in [2.75, 3.05) is 6.54 Å². The maximum atomic E-state index is 5.62. The third-order valence-corrected chi connectivity index (χ3v) is 3.71. The van der Waals surface area contributed by atoms with Gasteiger partial charge in [0, 0.05) is 24.2 Å². The molecule has 3 N–H and O–H groups in total. The lowest BCUT2D eigenvalue weighted by Crippen LogP contribution is -2.15. The Kier molecular flexibility index (Phi) is 4.87. The Morgan fingerprint density at radius 1 is 1.22 bits per heavy atom. The van der Waals surface area contributed by atoms with Crippen molar-refractivity contribution in [3.63, 3.8) is 0 Å². The lowest BCUT2D eigenvalue weighted by molar-refractivity contribution is 0.684. The van der Waals surface area contributed by atoms with Gasteiger partial charge in [-0.1, -0.05) is 24.3 Å². The summed E-state index contributed by atoms with van der Waals surface area (Å²) in [5, 5.41) is 4.58. The van der Waals surface area contributed by atoms with Crippen LogP contribution in [0.4, 0.5) is 0 Å². The maximum absolute atomic E-state index is 5.62. The van der Waals surface area contributed by atoms with E-state index in [1.54, 1.807) is 11.3 Å². The molecule has 2 rings (SSSR count). The fourth-order valence-electron chi connectivity index (χ4n) is 1.92. The minimum Gasteiger partial charge on any atom is -0.330 e. The van der Waals surface area contributed by atoms with Crippen molar-refractivity contribution in [3.8, 4) is 0 Å². The van der Waals surface area contributed by atoms with Crippen molar-refractivity contribution >= 4 is 11.3 Å². The normalized spacial score (nSPS) is 10.8. The minimum atomic E-state index is 0.697. The van der Waals surface area contributed by atoms with Crippen LogP contribution in [0.2, 0.25) is 0 Å². The van der Waals surface area contributed by atoms with E-state index in [4.69, 9.17) is 5.73 Å². The minimum absolute atomic E-state index is 0.697. The Bertz CT molecular complexity index is 493. The third kappa shape index (κ3) is 3.63.